The van der Waals surface area contributed by atoms with E-state index in [0.29, 0.717) is 0 Å². The number of carbonyl (C=O) groups is 2. The van der Waals surface area contributed by atoms with Crippen molar-refractivity contribution in [3.8, 4) is 0 Å². The molecule has 0 saturated carbocycles. The quantitative estimate of drug-likeness (QED) is 0.443. The van der Waals surface area contributed by atoms with E-state index in [4.69, 9.17) is 11.5 Å². The summed E-state index contributed by atoms with van der Waals surface area (Å²) in [5.41, 5.74) is 10.2. The number of rotatable bonds is 5. The third-order valence-corrected chi connectivity index (χ3v) is 1.50. The number of nitrogens with zero attached hydrogens (tertiary/aromatic N) is 1. The van der Waals surface area contributed by atoms with Crippen LogP contribution in [0.2, 0.25) is 0 Å². The van der Waals surface area contributed by atoms with Crippen LogP contribution < -0.4 is 16.8 Å². The number of hydrogen-bond acceptors (Lipinski definition) is 4. The maximum absolute atomic E-state index is 11.0. The number of amides is 2. The fourth-order valence-corrected chi connectivity index (χ4v) is 0.593. The van der Waals surface area contributed by atoms with Crippen LogP contribution in [0.25, 0.3) is 0 Å². The Morgan fingerprint density at radius 2 is 2.00 bits per heavy atom. The molecule has 0 rings (SSSR count). The second-order valence-corrected chi connectivity index (χ2v) is 2.93. The number of nitrogens with one attached hydrogen (secondary N) is 1. The SMILES string of the molecule is CN(C)C(=O)CNCC(N)C(N)=O. The summed E-state index contributed by atoms with van der Waals surface area (Å²) in [6.07, 6.45) is 0. The van der Waals surface area contributed by atoms with E-state index >= 15 is 0 Å². The van der Waals surface area contributed by atoms with Crippen LogP contribution in [0.15, 0.2) is 0 Å². The van der Waals surface area contributed by atoms with Crippen LogP contribution in [0.4, 0.5) is 0 Å². The van der Waals surface area contributed by atoms with Crippen LogP contribution in [0.1, 0.15) is 0 Å². The van der Waals surface area contributed by atoms with Gasteiger partial charge in [-0.25, -0.2) is 0 Å². The van der Waals surface area contributed by atoms with Gasteiger partial charge >= 0.3 is 0 Å². The molecule has 0 aromatic heterocycles. The average Bonchev–Trinajstić information content (AvgIpc) is 2.03. The molecule has 6 nitrogen and oxygen atoms in total. The highest BCUT2D eigenvalue weighted by atomic mass is 16.2. The Hall–Kier alpha value is -1.14. The van der Waals surface area contributed by atoms with Gasteiger partial charge < -0.3 is 21.7 Å². The van der Waals surface area contributed by atoms with Crippen molar-refractivity contribution in [2.24, 2.45) is 11.5 Å². The normalized spacial score (nSPS) is 12.2. The Balaban J connectivity index is 3.56. The first-order valence-corrected chi connectivity index (χ1v) is 3.91. The molecule has 76 valence electrons. The maximum Gasteiger partial charge on any atom is 0.236 e. The number of hydrogen-bond donors (Lipinski definition) is 3. The topological polar surface area (TPSA) is 101 Å². The van der Waals surface area contributed by atoms with Crippen molar-refractivity contribution in [2.45, 2.75) is 6.04 Å². The Bertz CT molecular complexity index is 193. The van der Waals surface area contributed by atoms with Crippen LogP contribution in [0.3, 0.4) is 0 Å². The minimum atomic E-state index is -0.741. The first-order valence-electron chi connectivity index (χ1n) is 3.91. The summed E-state index contributed by atoms with van der Waals surface area (Å²) in [6.45, 7) is 0.378. The molecule has 0 aliphatic heterocycles. The van der Waals surface area contributed by atoms with E-state index in [1.165, 1.54) is 4.90 Å². The van der Waals surface area contributed by atoms with Gasteiger partial charge in [-0.3, -0.25) is 9.59 Å². The third kappa shape index (κ3) is 5.15. The summed E-state index contributed by atoms with van der Waals surface area (Å²) < 4.78 is 0. The lowest BCUT2D eigenvalue weighted by molar-refractivity contribution is -0.128. The summed E-state index contributed by atoms with van der Waals surface area (Å²) in [6, 6.07) is -0.741. The molecule has 0 saturated heterocycles. The van der Waals surface area contributed by atoms with Crippen molar-refractivity contribution < 1.29 is 9.59 Å². The van der Waals surface area contributed by atoms with E-state index in [1.807, 2.05) is 0 Å². The highest BCUT2D eigenvalue weighted by molar-refractivity contribution is 5.80. The fourth-order valence-electron chi connectivity index (χ4n) is 0.593. The molecule has 0 aliphatic rings. The second kappa shape index (κ2) is 5.50. The van der Waals surface area contributed by atoms with E-state index in [-0.39, 0.29) is 19.0 Å². The van der Waals surface area contributed by atoms with Crippen LogP contribution in [0.5, 0.6) is 0 Å². The molecule has 0 heterocycles. The van der Waals surface area contributed by atoms with Gasteiger partial charge in [0.25, 0.3) is 0 Å². The average molecular weight is 188 g/mol. The minimum Gasteiger partial charge on any atom is -0.368 e. The number of carbonyl (C=O) groups excluding carboxylic acids is 2. The molecule has 2 amide bonds. The number of nitrogens with two attached hydrogens (primary N) is 2. The largest absolute Gasteiger partial charge is 0.368 e. The van der Waals surface area contributed by atoms with Crippen LogP contribution in [-0.2, 0) is 9.59 Å². The monoisotopic (exact) mass is 188 g/mol. The molecular weight excluding hydrogens is 172 g/mol. The molecule has 0 aliphatic carbocycles. The van der Waals surface area contributed by atoms with Crippen LogP contribution >= 0.6 is 0 Å². The molecule has 0 aromatic carbocycles. The van der Waals surface area contributed by atoms with Crippen LogP contribution in [0, 0.1) is 0 Å². The van der Waals surface area contributed by atoms with E-state index < -0.39 is 11.9 Å². The summed E-state index contributed by atoms with van der Waals surface area (Å²) >= 11 is 0. The first-order chi connectivity index (χ1) is 5.95. The summed E-state index contributed by atoms with van der Waals surface area (Å²) in [7, 11) is 3.30. The van der Waals surface area contributed by atoms with Gasteiger partial charge in [-0.15, -0.1) is 0 Å². The van der Waals surface area contributed by atoms with Crippen molar-refractivity contribution in [1.29, 1.82) is 0 Å². The maximum atomic E-state index is 11.0. The molecule has 1 unspecified atom stereocenters. The zero-order valence-electron chi connectivity index (χ0n) is 7.91. The zero-order valence-corrected chi connectivity index (χ0v) is 7.91. The fraction of sp³-hybridized carbons (Fsp3) is 0.714. The van der Waals surface area contributed by atoms with Crippen molar-refractivity contribution in [1.82, 2.24) is 10.2 Å². The van der Waals surface area contributed by atoms with Gasteiger partial charge in [0, 0.05) is 20.6 Å². The second-order valence-electron chi connectivity index (χ2n) is 2.93. The predicted octanol–water partition coefficient (Wildman–Crippen LogP) is -2.52. The lowest BCUT2D eigenvalue weighted by atomic mass is 10.3. The van der Waals surface area contributed by atoms with Gasteiger partial charge in [0.1, 0.15) is 0 Å². The molecule has 1 atom stereocenters. The molecule has 6 heteroatoms. The lowest BCUT2D eigenvalue weighted by Gasteiger charge is -2.12. The summed E-state index contributed by atoms with van der Waals surface area (Å²) in [5, 5.41) is 2.73. The van der Waals surface area contributed by atoms with Gasteiger partial charge in [0.05, 0.1) is 12.6 Å². The van der Waals surface area contributed by atoms with Crippen molar-refractivity contribution in [3.05, 3.63) is 0 Å². The molecule has 13 heavy (non-hydrogen) atoms. The van der Waals surface area contributed by atoms with Crippen LogP contribution in [-0.4, -0.2) is 49.9 Å². The molecular formula is C7H16N4O2. The zero-order chi connectivity index (χ0) is 10.4. The van der Waals surface area contributed by atoms with E-state index in [1.54, 1.807) is 14.1 Å². The standard InChI is InChI=1S/C7H16N4O2/c1-11(2)6(12)4-10-3-5(8)7(9)13/h5,10H,3-4,8H2,1-2H3,(H2,9,13). The highest BCUT2D eigenvalue weighted by Gasteiger charge is 2.09. The van der Waals surface area contributed by atoms with E-state index in [9.17, 15) is 9.59 Å². The molecule has 0 aromatic rings. The predicted molar refractivity (Wildman–Crippen MR) is 48.7 cm³/mol. The van der Waals surface area contributed by atoms with Crippen molar-refractivity contribution in [3.63, 3.8) is 0 Å². The minimum absolute atomic E-state index is 0.0725. The van der Waals surface area contributed by atoms with E-state index in [0.717, 1.165) is 0 Å². The third-order valence-electron chi connectivity index (χ3n) is 1.50. The van der Waals surface area contributed by atoms with Gasteiger partial charge in [-0.05, 0) is 0 Å². The highest BCUT2D eigenvalue weighted by Crippen LogP contribution is 1.77. The smallest absolute Gasteiger partial charge is 0.236 e. The summed E-state index contributed by atoms with van der Waals surface area (Å²) in [4.78, 5) is 22.9. The molecule has 0 fully saturated rings. The molecule has 5 N–H and O–H groups in total. The number of likely N-dealkylation sites (N-methyl/N-ethyl adjacent to an activating group) is 1. The Morgan fingerprint density at radius 3 is 2.38 bits per heavy atom. The van der Waals surface area contributed by atoms with Crippen molar-refractivity contribution in [2.75, 3.05) is 27.2 Å². The first kappa shape index (κ1) is 11.9. The van der Waals surface area contributed by atoms with Gasteiger partial charge in [-0.2, -0.15) is 0 Å². The molecule has 0 radical (unpaired) electrons. The van der Waals surface area contributed by atoms with Gasteiger partial charge in [0.15, 0.2) is 0 Å². The van der Waals surface area contributed by atoms with Crippen molar-refractivity contribution >= 4 is 11.8 Å². The van der Waals surface area contributed by atoms with Gasteiger partial charge in [-0.1, -0.05) is 0 Å². The summed E-state index contributed by atoms with van der Waals surface area (Å²) in [5.74, 6) is -0.651. The lowest BCUT2D eigenvalue weighted by Crippen LogP contribution is -2.46. The molecule has 0 bridgehead atoms. The Kier molecular flexibility index (Phi) is 5.01. The Labute approximate surface area is 77.2 Å². The van der Waals surface area contributed by atoms with Gasteiger partial charge in [0.2, 0.25) is 11.8 Å². The van der Waals surface area contributed by atoms with E-state index in [2.05, 4.69) is 5.32 Å². The number of primary amides is 1. The molecule has 0 spiro atoms. The Morgan fingerprint density at radius 1 is 1.46 bits per heavy atom.